The van der Waals surface area contributed by atoms with Gasteiger partial charge in [-0.2, -0.15) is 0 Å². The van der Waals surface area contributed by atoms with Gasteiger partial charge in [0, 0.05) is 10.9 Å². The number of hydrogen-bond acceptors (Lipinski definition) is 2. The Bertz CT molecular complexity index is 568. The fourth-order valence-electron chi connectivity index (χ4n) is 2.65. The molecule has 0 fully saturated rings. The lowest BCUT2D eigenvalue weighted by Gasteiger charge is -2.29. The van der Waals surface area contributed by atoms with Gasteiger partial charge in [-0.3, -0.25) is 4.21 Å². The van der Waals surface area contributed by atoms with E-state index < -0.39 is 10.8 Å². The molecule has 21 heavy (non-hydrogen) atoms. The summed E-state index contributed by atoms with van der Waals surface area (Å²) in [6.07, 6.45) is 0. The van der Waals surface area contributed by atoms with Crippen molar-refractivity contribution in [2.75, 3.05) is 7.05 Å². The highest BCUT2D eigenvalue weighted by molar-refractivity contribution is 7.85. The first-order valence-electron chi connectivity index (χ1n) is 7.33. The van der Waals surface area contributed by atoms with Gasteiger partial charge in [0.15, 0.2) is 0 Å². The van der Waals surface area contributed by atoms with Crippen molar-refractivity contribution >= 4 is 10.8 Å². The Morgan fingerprint density at radius 2 is 1.43 bits per heavy atom. The van der Waals surface area contributed by atoms with Gasteiger partial charge in [0.2, 0.25) is 0 Å². The van der Waals surface area contributed by atoms with E-state index in [-0.39, 0.29) is 11.3 Å². The van der Waals surface area contributed by atoms with Crippen molar-refractivity contribution in [2.24, 2.45) is 5.92 Å². The first-order chi connectivity index (χ1) is 10.1. The minimum absolute atomic E-state index is 0.0276. The molecule has 3 atom stereocenters. The summed E-state index contributed by atoms with van der Waals surface area (Å²) < 4.78 is 13.0. The van der Waals surface area contributed by atoms with Crippen LogP contribution in [-0.4, -0.2) is 16.5 Å². The van der Waals surface area contributed by atoms with Gasteiger partial charge in [0.05, 0.1) is 16.0 Å². The molecule has 3 heteroatoms. The standard InChI is InChI=1S/C18H23NOS/c1-14(2)18(21(20)16-12-8-5-9-13-16)17(19-3)15-10-6-4-7-11-15/h4-14,17-19H,1-3H3. The van der Waals surface area contributed by atoms with Gasteiger partial charge in [0.25, 0.3) is 0 Å². The lowest BCUT2D eigenvalue weighted by Crippen LogP contribution is -2.36. The summed E-state index contributed by atoms with van der Waals surface area (Å²) in [7, 11) is 0.895. The Labute approximate surface area is 130 Å². The molecule has 0 amide bonds. The molecule has 0 aromatic heterocycles. The van der Waals surface area contributed by atoms with E-state index in [1.54, 1.807) is 0 Å². The summed E-state index contributed by atoms with van der Waals surface area (Å²) in [4.78, 5) is 0.896. The Hall–Kier alpha value is -1.45. The molecule has 0 saturated carbocycles. The maximum atomic E-state index is 13.0. The Morgan fingerprint density at radius 1 is 0.905 bits per heavy atom. The first kappa shape index (κ1) is 15.9. The number of benzene rings is 2. The quantitative estimate of drug-likeness (QED) is 0.880. The third kappa shape index (κ3) is 3.80. The topological polar surface area (TPSA) is 29.1 Å². The van der Waals surface area contributed by atoms with E-state index in [0.29, 0.717) is 5.92 Å². The van der Waals surface area contributed by atoms with Crippen LogP contribution in [-0.2, 0) is 10.8 Å². The van der Waals surface area contributed by atoms with Crippen molar-refractivity contribution in [1.29, 1.82) is 0 Å². The predicted molar refractivity (Wildman–Crippen MR) is 89.7 cm³/mol. The average Bonchev–Trinajstić information content (AvgIpc) is 2.53. The largest absolute Gasteiger partial charge is 0.312 e. The molecule has 2 aromatic rings. The Kier molecular flexibility index (Phi) is 5.71. The third-order valence-corrected chi connectivity index (χ3v) is 5.73. The first-order valence-corrected chi connectivity index (χ1v) is 8.54. The summed E-state index contributed by atoms with van der Waals surface area (Å²) in [5.41, 5.74) is 1.18. The minimum Gasteiger partial charge on any atom is -0.312 e. The highest BCUT2D eigenvalue weighted by Crippen LogP contribution is 2.29. The van der Waals surface area contributed by atoms with Crippen LogP contribution < -0.4 is 5.32 Å². The van der Waals surface area contributed by atoms with E-state index in [0.717, 1.165) is 4.90 Å². The van der Waals surface area contributed by atoms with Crippen molar-refractivity contribution in [3.8, 4) is 0 Å². The summed E-state index contributed by atoms with van der Waals surface area (Å²) in [5.74, 6) is 0.309. The summed E-state index contributed by atoms with van der Waals surface area (Å²) in [6, 6.07) is 20.1. The lowest BCUT2D eigenvalue weighted by molar-refractivity contribution is 0.460. The molecule has 2 rings (SSSR count). The smallest absolute Gasteiger partial charge is 0.0612 e. The normalized spacial score (nSPS) is 15.6. The zero-order chi connectivity index (χ0) is 15.2. The van der Waals surface area contributed by atoms with Crippen LogP contribution >= 0.6 is 0 Å². The summed E-state index contributed by atoms with van der Waals surface area (Å²) >= 11 is 0. The molecule has 1 N–H and O–H groups in total. The molecule has 0 saturated heterocycles. The van der Waals surface area contributed by atoms with Crippen molar-refractivity contribution in [3.05, 3.63) is 66.2 Å². The number of nitrogens with one attached hydrogen (secondary N) is 1. The average molecular weight is 301 g/mol. The minimum atomic E-state index is -1.04. The van der Waals surface area contributed by atoms with Crippen LogP contribution in [0.2, 0.25) is 0 Å². The maximum absolute atomic E-state index is 13.0. The van der Waals surface area contributed by atoms with E-state index in [4.69, 9.17) is 0 Å². The van der Waals surface area contributed by atoms with Crippen LogP contribution in [0.4, 0.5) is 0 Å². The Balaban J connectivity index is 2.36. The summed E-state index contributed by atoms with van der Waals surface area (Å²) in [6.45, 7) is 4.28. The molecule has 0 bridgehead atoms. The van der Waals surface area contributed by atoms with Gasteiger partial charge < -0.3 is 5.32 Å². The van der Waals surface area contributed by atoms with Crippen LogP contribution in [0.15, 0.2) is 65.6 Å². The van der Waals surface area contributed by atoms with Crippen molar-refractivity contribution in [2.45, 2.75) is 30.0 Å². The molecular formula is C18H23NOS. The molecular weight excluding hydrogens is 278 g/mol. The summed E-state index contributed by atoms with van der Waals surface area (Å²) in [5, 5.41) is 3.38. The molecule has 0 aliphatic carbocycles. The van der Waals surface area contributed by atoms with Gasteiger partial charge in [-0.15, -0.1) is 0 Å². The van der Waals surface area contributed by atoms with Gasteiger partial charge in [0.1, 0.15) is 0 Å². The van der Waals surface area contributed by atoms with Crippen LogP contribution in [0.1, 0.15) is 25.5 Å². The van der Waals surface area contributed by atoms with E-state index >= 15 is 0 Å². The van der Waals surface area contributed by atoms with E-state index in [1.165, 1.54) is 5.56 Å². The molecule has 2 aromatic carbocycles. The lowest BCUT2D eigenvalue weighted by atomic mass is 9.96. The van der Waals surface area contributed by atoms with Crippen LogP contribution in [0.3, 0.4) is 0 Å². The fourth-order valence-corrected chi connectivity index (χ4v) is 4.42. The van der Waals surface area contributed by atoms with Crippen LogP contribution in [0.5, 0.6) is 0 Å². The Morgan fingerprint density at radius 3 is 1.90 bits per heavy atom. The molecule has 2 nitrogen and oxygen atoms in total. The zero-order valence-corrected chi connectivity index (χ0v) is 13.6. The van der Waals surface area contributed by atoms with Crippen molar-refractivity contribution in [3.63, 3.8) is 0 Å². The highest BCUT2D eigenvalue weighted by Gasteiger charge is 2.30. The number of hydrogen-bond donors (Lipinski definition) is 1. The highest BCUT2D eigenvalue weighted by atomic mass is 32.2. The molecule has 0 radical (unpaired) electrons. The van der Waals surface area contributed by atoms with E-state index in [2.05, 4.69) is 31.3 Å². The van der Waals surface area contributed by atoms with E-state index in [1.807, 2.05) is 55.6 Å². The second-order valence-electron chi connectivity index (χ2n) is 5.50. The fraction of sp³-hybridized carbons (Fsp3) is 0.333. The zero-order valence-electron chi connectivity index (χ0n) is 12.8. The number of rotatable bonds is 6. The van der Waals surface area contributed by atoms with Crippen molar-refractivity contribution in [1.82, 2.24) is 5.32 Å². The molecule has 3 unspecified atom stereocenters. The molecule has 0 heterocycles. The van der Waals surface area contributed by atoms with Crippen molar-refractivity contribution < 1.29 is 4.21 Å². The van der Waals surface area contributed by atoms with Crippen LogP contribution in [0, 0.1) is 5.92 Å². The maximum Gasteiger partial charge on any atom is 0.0612 e. The monoisotopic (exact) mass is 301 g/mol. The second kappa shape index (κ2) is 7.53. The van der Waals surface area contributed by atoms with Gasteiger partial charge in [-0.05, 0) is 30.7 Å². The SMILES string of the molecule is CNC(c1ccccc1)C(C(C)C)S(=O)c1ccccc1. The third-order valence-electron chi connectivity index (χ3n) is 3.68. The van der Waals surface area contributed by atoms with E-state index in [9.17, 15) is 4.21 Å². The molecule has 0 aliphatic heterocycles. The molecule has 0 aliphatic rings. The van der Waals surface area contributed by atoms with Gasteiger partial charge in [-0.25, -0.2) is 0 Å². The van der Waals surface area contributed by atoms with Gasteiger partial charge >= 0.3 is 0 Å². The molecule has 0 spiro atoms. The second-order valence-corrected chi connectivity index (χ2v) is 7.11. The molecule has 112 valence electrons. The predicted octanol–water partition coefficient (Wildman–Crippen LogP) is 3.78. The van der Waals surface area contributed by atoms with Crippen LogP contribution in [0.25, 0.3) is 0 Å². The van der Waals surface area contributed by atoms with Gasteiger partial charge in [-0.1, -0.05) is 62.4 Å².